The first-order valence-electron chi connectivity index (χ1n) is 22.2. The van der Waals surface area contributed by atoms with Gasteiger partial charge in [-0.3, -0.25) is 0 Å². The van der Waals surface area contributed by atoms with Crippen LogP contribution in [0.1, 0.15) is 258 Å². The van der Waals surface area contributed by atoms with E-state index in [0.717, 1.165) is 25.7 Å². The first-order valence-corrected chi connectivity index (χ1v) is 25.4. The van der Waals surface area contributed by atoms with Crippen molar-refractivity contribution in [3.05, 3.63) is 0 Å². The zero-order valence-corrected chi connectivity index (χ0v) is 43.3. The maximum atomic E-state index is 10.8. The number of hydrogen-bond acceptors (Lipinski definition) is 4. The van der Waals surface area contributed by atoms with Gasteiger partial charge in [-0.25, -0.2) is 0 Å². The van der Waals surface area contributed by atoms with Crippen molar-refractivity contribution in [3.63, 3.8) is 0 Å². The molecule has 0 radical (unpaired) electrons. The number of rotatable bonds is 40. The van der Waals surface area contributed by atoms with Crippen molar-refractivity contribution < 1.29 is 19.8 Å². The van der Waals surface area contributed by atoms with Crippen molar-refractivity contribution >= 4 is 113 Å². The van der Waals surface area contributed by atoms with Crippen molar-refractivity contribution in [2.24, 2.45) is 0 Å². The Morgan fingerprint density at radius 3 is 0.585 bits per heavy atom. The molecule has 0 aromatic heterocycles. The van der Waals surface area contributed by atoms with Gasteiger partial charge in [-0.2, -0.15) is 0 Å². The Bertz CT molecular complexity index is 708. The van der Waals surface area contributed by atoms with Gasteiger partial charge in [-0.15, -0.1) is 0 Å². The van der Waals surface area contributed by atoms with E-state index in [-0.39, 0.29) is 37.7 Å². The number of unbranched alkanes of at least 4 members (excludes halogenated alkanes) is 34. The number of hydrogen-bond donors (Lipinski definition) is 0. The van der Waals surface area contributed by atoms with Crippen LogP contribution in [-0.4, -0.2) is 56.1 Å². The normalized spacial score (nSPS) is 11.6. The fourth-order valence-electron chi connectivity index (χ4n) is 6.70. The summed E-state index contributed by atoms with van der Waals surface area (Å²) in [7, 11) is 0. The first kappa shape index (κ1) is 59.4. The van der Waals surface area contributed by atoms with E-state index in [2.05, 4.69) is 77.6 Å². The van der Waals surface area contributed by atoms with Gasteiger partial charge in [-0.1, -0.05) is 309 Å². The summed E-state index contributed by atoms with van der Waals surface area (Å²) in [6.45, 7) is 4.56. The summed E-state index contributed by atoms with van der Waals surface area (Å²) >= 11 is 12.6. The summed E-state index contributed by atoms with van der Waals surface area (Å²) in [5.41, 5.74) is 0. The molecule has 53 heavy (non-hydrogen) atoms. The Balaban J connectivity index is -0.000000926. The standard InChI is InChI=1S/2C22H42Br2O2.Ca/c2*1-2-3-4-5-6-7-8-9-10-11-12-13-14-15-16-17-18-19-20-22(23,24)21(25)26;/h2*2-20H2,1H3,(H,25,26);/q;;+2/p-2. The molecule has 0 spiro atoms. The van der Waals surface area contributed by atoms with Gasteiger partial charge in [0, 0.05) is 0 Å². The van der Waals surface area contributed by atoms with E-state index in [1.807, 2.05) is 0 Å². The van der Waals surface area contributed by atoms with Crippen LogP contribution in [-0.2, 0) is 9.59 Å². The Hall–Kier alpha value is 2.12. The molecule has 312 valence electrons. The van der Waals surface area contributed by atoms with Crippen LogP contribution in [0.4, 0.5) is 0 Å². The fourth-order valence-corrected chi connectivity index (χ4v) is 7.82. The quantitative estimate of drug-likeness (QED) is 0.0348. The van der Waals surface area contributed by atoms with E-state index in [1.165, 1.54) is 205 Å². The first-order chi connectivity index (χ1) is 25.0. The summed E-state index contributed by atoms with van der Waals surface area (Å²) in [6.07, 6.45) is 49.6. The zero-order valence-electron chi connectivity index (χ0n) is 34.7. The topological polar surface area (TPSA) is 80.3 Å². The summed E-state index contributed by atoms with van der Waals surface area (Å²) in [6, 6.07) is 0. The molecule has 0 fully saturated rings. The predicted octanol–water partition coefficient (Wildman–Crippen LogP) is 14.9. The fraction of sp³-hybridized carbons (Fsp3) is 0.955. The van der Waals surface area contributed by atoms with E-state index in [9.17, 15) is 19.8 Å². The van der Waals surface area contributed by atoms with Crippen LogP contribution < -0.4 is 10.2 Å². The summed E-state index contributed by atoms with van der Waals surface area (Å²) in [4.78, 5) is 21.7. The third-order valence-corrected chi connectivity index (χ3v) is 13.2. The SMILES string of the molecule is CCCCCCCCCCCCCCCCCCCCC(Br)(Br)C(=O)[O-].CCCCCCCCCCCCCCCCCCCCC(Br)(Br)C(=O)[O-].[Ca+2]. The van der Waals surface area contributed by atoms with Crippen LogP contribution in [0.3, 0.4) is 0 Å². The van der Waals surface area contributed by atoms with E-state index in [0.29, 0.717) is 12.8 Å². The molecule has 0 bridgehead atoms. The average molecular weight is 1030 g/mol. The second-order valence-corrected chi connectivity index (χ2v) is 23.0. The van der Waals surface area contributed by atoms with Crippen LogP contribution in [0.5, 0.6) is 0 Å². The Kier molecular flexibility index (Phi) is 50.7. The molecule has 0 saturated heterocycles. The Morgan fingerprint density at radius 2 is 0.453 bits per heavy atom. The molecule has 0 amide bonds. The van der Waals surface area contributed by atoms with Gasteiger partial charge in [0.25, 0.3) is 0 Å². The molecule has 0 aliphatic carbocycles. The Labute approximate surface area is 393 Å². The number of halogens is 4. The van der Waals surface area contributed by atoms with Gasteiger partial charge in [0.1, 0.15) is 6.47 Å². The third kappa shape index (κ3) is 46.7. The molecule has 0 aromatic rings. The number of alkyl halides is 4. The Morgan fingerprint density at radius 1 is 0.321 bits per heavy atom. The maximum Gasteiger partial charge on any atom is 2.00 e. The van der Waals surface area contributed by atoms with Gasteiger partial charge in [0.2, 0.25) is 0 Å². The van der Waals surface area contributed by atoms with E-state index >= 15 is 0 Å². The van der Waals surface area contributed by atoms with Crippen LogP contribution >= 0.6 is 63.7 Å². The molecule has 0 heterocycles. The van der Waals surface area contributed by atoms with Gasteiger partial charge in [0.05, 0.1) is 11.9 Å². The molecule has 9 heteroatoms. The molecule has 0 N–H and O–H groups in total. The van der Waals surface area contributed by atoms with Crippen molar-refractivity contribution in [1.29, 1.82) is 0 Å². The van der Waals surface area contributed by atoms with Gasteiger partial charge < -0.3 is 19.8 Å². The van der Waals surface area contributed by atoms with E-state index in [4.69, 9.17) is 0 Å². The number of carbonyl (C=O) groups is 2. The molecular weight excluding hydrogens is 952 g/mol. The van der Waals surface area contributed by atoms with Gasteiger partial charge >= 0.3 is 37.7 Å². The molecule has 0 aliphatic heterocycles. The second kappa shape index (κ2) is 45.2. The molecular formula is C44H82Br4CaO4. The summed E-state index contributed by atoms with van der Waals surface area (Å²) in [5, 5.41) is 21.7. The van der Waals surface area contributed by atoms with Gasteiger partial charge in [-0.05, 0) is 12.8 Å². The second-order valence-electron chi connectivity index (χ2n) is 15.5. The van der Waals surface area contributed by atoms with Crippen LogP contribution in [0.2, 0.25) is 0 Å². The van der Waals surface area contributed by atoms with Crippen LogP contribution in [0.25, 0.3) is 0 Å². The number of carbonyl (C=O) groups excluding carboxylic acids is 2. The summed E-state index contributed by atoms with van der Waals surface area (Å²) in [5.74, 6) is -2.16. The van der Waals surface area contributed by atoms with E-state index in [1.54, 1.807) is 0 Å². The molecule has 0 rings (SSSR count). The predicted molar refractivity (Wildman–Crippen MR) is 244 cm³/mol. The number of carboxylic acid groups (broad SMARTS) is 2. The smallest absolute Gasteiger partial charge is 0.548 e. The molecule has 0 aromatic carbocycles. The summed E-state index contributed by atoms with van der Waals surface area (Å²) < 4.78 is -2.07. The molecule has 0 unspecified atom stereocenters. The zero-order chi connectivity index (χ0) is 39.0. The van der Waals surface area contributed by atoms with Crippen LogP contribution in [0, 0.1) is 0 Å². The van der Waals surface area contributed by atoms with E-state index < -0.39 is 18.4 Å². The molecule has 0 atom stereocenters. The minimum absolute atomic E-state index is 0. The average Bonchev–Trinajstić information content (AvgIpc) is 3.10. The van der Waals surface area contributed by atoms with Gasteiger partial charge in [0.15, 0.2) is 0 Å². The third-order valence-electron chi connectivity index (χ3n) is 10.3. The monoisotopic (exact) mass is 1030 g/mol. The molecule has 0 saturated carbocycles. The largest absolute Gasteiger partial charge is 2.00 e. The molecule has 4 nitrogen and oxygen atoms in total. The van der Waals surface area contributed by atoms with Crippen molar-refractivity contribution in [1.82, 2.24) is 0 Å². The minimum Gasteiger partial charge on any atom is -0.548 e. The number of carboxylic acids is 2. The van der Waals surface area contributed by atoms with Crippen LogP contribution in [0.15, 0.2) is 0 Å². The molecule has 0 aliphatic rings. The maximum absolute atomic E-state index is 10.8. The van der Waals surface area contributed by atoms with Crippen molar-refractivity contribution in [2.45, 2.75) is 264 Å². The van der Waals surface area contributed by atoms with Crippen molar-refractivity contribution in [2.75, 3.05) is 0 Å². The minimum atomic E-state index is -1.08. The van der Waals surface area contributed by atoms with Crippen molar-refractivity contribution in [3.8, 4) is 0 Å². The number of aliphatic carboxylic acids is 2.